The van der Waals surface area contributed by atoms with Gasteiger partial charge in [0.05, 0.1) is 16.0 Å². The number of aldehydes is 1. The molecule has 3 aromatic carbocycles. The summed E-state index contributed by atoms with van der Waals surface area (Å²) in [4.78, 5) is 27.2. The van der Waals surface area contributed by atoms with Crippen LogP contribution < -0.4 is 10.2 Å². The summed E-state index contributed by atoms with van der Waals surface area (Å²) < 4.78 is 12.2. The van der Waals surface area contributed by atoms with E-state index in [9.17, 15) is 14.0 Å². The quantitative estimate of drug-likeness (QED) is 0.240. The molecule has 1 aliphatic carbocycles. The number of rotatable bonds is 6. The van der Waals surface area contributed by atoms with Gasteiger partial charge in [0.25, 0.3) is 5.91 Å². The number of nitrogens with zero attached hydrogens (tertiary/aromatic N) is 1. The van der Waals surface area contributed by atoms with E-state index in [2.05, 4.69) is 5.32 Å². The van der Waals surface area contributed by atoms with Gasteiger partial charge >= 0.3 is 0 Å². The van der Waals surface area contributed by atoms with Crippen molar-refractivity contribution in [2.75, 3.05) is 23.3 Å². The number of halogens is 6. The summed E-state index contributed by atoms with van der Waals surface area (Å²) in [7, 11) is 0. The van der Waals surface area contributed by atoms with E-state index >= 15 is 0 Å². The lowest BCUT2D eigenvalue weighted by molar-refractivity contribution is -0.112. The number of hydrogen-bond acceptors (Lipinski definition) is 3. The van der Waals surface area contributed by atoms with Crippen molar-refractivity contribution in [3.05, 3.63) is 92.2 Å². The molecule has 36 heavy (non-hydrogen) atoms. The van der Waals surface area contributed by atoms with Crippen LogP contribution >= 0.6 is 58.0 Å². The lowest BCUT2D eigenvalue weighted by atomic mass is 10.00. The molecule has 4 nitrogen and oxygen atoms in total. The first-order valence-electron chi connectivity index (χ1n) is 11.0. The normalized spacial score (nSPS) is 21.7. The Labute approximate surface area is 232 Å². The van der Waals surface area contributed by atoms with Crippen molar-refractivity contribution in [2.45, 2.75) is 16.7 Å². The molecule has 0 saturated heterocycles. The molecule has 186 valence electrons. The van der Waals surface area contributed by atoms with Gasteiger partial charge in [-0.05, 0) is 72.1 Å². The summed E-state index contributed by atoms with van der Waals surface area (Å²) >= 11 is 31.8. The third-order valence-electron chi connectivity index (χ3n) is 6.81. The van der Waals surface area contributed by atoms with Crippen molar-refractivity contribution in [2.24, 2.45) is 5.41 Å². The predicted octanol–water partition coefficient (Wildman–Crippen LogP) is 7.56. The number of alkyl halides is 2. The zero-order valence-electron chi connectivity index (χ0n) is 18.5. The minimum atomic E-state index is -1.38. The van der Waals surface area contributed by atoms with Crippen LogP contribution in [0.25, 0.3) is 0 Å². The van der Waals surface area contributed by atoms with Gasteiger partial charge < -0.3 is 15.0 Å². The fourth-order valence-corrected chi connectivity index (χ4v) is 6.62. The molecule has 0 aromatic heterocycles. The molecule has 10 heteroatoms. The van der Waals surface area contributed by atoms with Gasteiger partial charge in [0, 0.05) is 40.4 Å². The smallest absolute Gasteiger partial charge is 0.259 e. The first kappa shape index (κ1) is 25.6. The molecule has 2 aliphatic rings. The molecule has 5 rings (SSSR count). The van der Waals surface area contributed by atoms with E-state index in [4.69, 9.17) is 58.0 Å². The largest absolute Gasteiger partial charge is 0.384 e. The average Bonchev–Trinajstić information content (AvgIpc) is 3.08. The maximum atomic E-state index is 13.6. The number of anilines is 2. The van der Waals surface area contributed by atoms with E-state index in [1.165, 1.54) is 12.1 Å². The van der Waals surface area contributed by atoms with Crippen LogP contribution in [-0.4, -0.2) is 29.6 Å². The Morgan fingerprint density at radius 2 is 1.78 bits per heavy atom. The van der Waals surface area contributed by atoms with Crippen LogP contribution in [0.2, 0.25) is 15.1 Å². The topological polar surface area (TPSA) is 49.4 Å². The van der Waals surface area contributed by atoms with E-state index in [0.29, 0.717) is 39.9 Å². The molecule has 2 unspecified atom stereocenters. The van der Waals surface area contributed by atoms with E-state index in [-0.39, 0.29) is 28.9 Å². The van der Waals surface area contributed by atoms with Gasteiger partial charge in [-0.25, -0.2) is 4.39 Å². The highest BCUT2D eigenvalue weighted by atomic mass is 35.5. The van der Waals surface area contributed by atoms with Gasteiger partial charge in [-0.3, -0.25) is 4.79 Å². The predicted molar refractivity (Wildman–Crippen MR) is 144 cm³/mol. The van der Waals surface area contributed by atoms with E-state index in [1.54, 1.807) is 47.4 Å². The molecule has 2 atom stereocenters. The number of nitrogens with one attached hydrogen (secondary N) is 1. The molecule has 0 spiro atoms. The zero-order chi connectivity index (χ0) is 25.8. The standard InChI is InChI=1S/C26H18Cl5FN2O2/c27-16-7-15(8-17(28)10-16)23-25(13-35,26(23,30)31)12-33-19-2-3-21(29)20(11-19)24(36)34-6-5-14-9-18(32)1-4-22(14)34/h1-4,7-11,13,23,33H,5-6,12H2. The van der Waals surface area contributed by atoms with Gasteiger partial charge in [-0.1, -0.05) is 58.0 Å². The van der Waals surface area contributed by atoms with Gasteiger partial charge in [-0.2, -0.15) is 0 Å². The number of benzene rings is 3. The van der Waals surface area contributed by atoms with Crippen molar-refractivity contribution < 1.29 is 14.0 Å². The lowest BCUT2D eigenvalue weighted by Gasteiger charge is -2.19. The SMILES string of the molecule is O=CC1(CNc2ccc(Cl)c(C(=O)N3CCc4cc(F)ccc43)c2)C(c2cc(Cl)cc(Cl)c2)C1(Cl)Cl. The number of fused-ring (bicyclic) bond motifs is 1. The van der Waals surface area contributed by atoms with Gasteiger partial charge in [0.15, 0.2) is 0 Å². The molecule has 1 N–H and O–H groups in total. The number of carbonyl (C=O) groups is 2. The van der Waals surface area contributed by atoms with Crippen LogP contribution in [0, 0.1) is 11.2 Å². The fraction of sp³-hybridized carbons (Fsp3) is 0.231. The van der Waals surface area contributed by atoms with E-state index in [1.807, 2.05) is 0 Å². The van der Waals surface area contributed by atoms with Crippen LogP contribution in [0.15, 0.2) is 54.6 Å². The van der Waals surface area contributed by atoms with Crippen molar-refractivity contribution in [1.82, 2.24) is 0 Å². The molecule has 1 amide bonds. The van der Waals surface area contributed by atoms with Crippen molar-refractivity contribution in [3.63, 3.8) is 0 Å². The molecule has 1 aliphatic heterocycles. The minimum Gasteiger partial charge on any atom is -0.384 e. The van der Waals surface area contributed by atoms with Crippen LogP contribution in [0.4, 0.5) is 15.8 Å². The maximum Gasteiger partial charge on any atom is 0.259 e. The molecule has 1 fully saturated rings. The second kappa shape index (κ2) is 9.38. The Balaban J connectivity index is 1.38. The Morgan fingerprint density at radius 3 is 2.47 bits per heavy atom. The van der Waals surface area contributed by atoms with Gasteiger partial charge in [0.2, 0.25) is 0 Å². The third-order valence-corrected chi connectivity index (χ3v) is 8.71. The number of hydrogen-bond donors (Lipinski definition) is 1. The summed E-state index contributed by atoms with van der Waals surface area (Å²) in [5, 5.41) is 4.27. The second-order valence-electron chi connectivity index (χ2n) is 8.94. The highest BCUT2D eigenvalue weighted by molar-refractivity contribution is 6.54. The molecular formula is C26H18Cl5FN2O2. The highest BCUT2D eigenvalue weighted by Gasteiger charge is 2.76. The van der Waals surface area contributed by atoms with Crippen molar-refractivity contribution in [1.29, 1.82) is 0 Å². The highest BCUT2D eigenvalue weighted by Crippen LogP contribution is 2.73. The molecule has 0 radical (unpaired) electrons. The van der Waals surface area contributed by atoms with Crippen molar-refractivity contribution >= 4 is 81.6 Å². The first-order chi connectivity index (χ1) is 17.1. The monoisotopic (exact) mass is 584 g/mol. The molecule has 1 saturated carbocycles. The Kier molecular flexibility index (Phi) is 6.67. The summed E-state index contributed by atoms with van der Waals surface area (Å²) in [5.41, 5.74) is 1.76. The maximum absolute atomic E-state index is 13.6. The minimum absolute atomic E-state index is 0.0966. The first-order valence-corrected chi connectivity index (χ1v) is 12.9. The van der Waals surface area contributed by atoms with Gasteiger partial charge in [-0.15, -0.1) is 0 Å². The summed E-state index contributed by atoms with van der Waals surface area (Å²) in [6.45, 7) is 0.518. The zero-order valence-corrected chi connectivity index (χ0v) is 22.3. The summed E-state index contributed by atoms with van der Waals surface area (Å²) in [5.74, 6) is -1.19. The van der Waals surface area contributed by atoms with E-state index < -0.39 is 15.7 Å². The van der Waals surface area contributed by atoms with Crippen LogP contribution in [0.3, 0.4) is 0 Å². The molecular weight excluding hydrogens is 569 g/mol. The van der Waals surface area contributed by atoms with Crippen LogP contribution in [0.1, 0.15) is 27.4 Å². The van der Waals surface area contributed by atoms with Crippen LogP contribution in [-0.2, 0) is 11.2 Å². The Hall–Kier alpha value is -2.02. The number of amides is 1. The third kappa shape index (κ3) is 4.25. The van der Waals surface area contributed by atoms with Crippen LogP contribution in [0.5, 0.6) is 0 Å². The average molecular weight is 587 g/mol. The van der Waals surface area contributed by atoms with Gasteiger partial charge in [0.1, 0.15) is 16.4 Å². The lowest BCUT2D eigenvalue weighted by Crippen LogP contribution is -2.29. The Morgan fingerprint density at radius 1 is 1.06 bits per heavy atom. The fourth-order valence-electron chi connectivity index (χ4n) is 4.91. The molecule has 3 aromatic rings. The Bertz CT molecular complexity index is 1380. The van der Waals surface area contributed by atoms with Crippen molar-refractivity contribution in [3.8, 4) is 0 Å². The second-order valence-corrected chi connectivity index (χ2v) is 11.6. The van der Waals surface area contributed by atoms with E-state index in [0.717, 1.165) is 11.8 Å². The summed E-state index contributed by atoms with van der Waals surface area (Å²) in [6, 6.07) is 14.2. The number of carbonyl (C=O) groups excluding carboxylic acids is 2. The molecule has 0 bridgehead atoms. The molecule has 1 heterocycles. The summed E-state index contributed by atoms with van der Waals surface area (Å²) in [6.07, 6.45) is 1.29.